The van der Waals surface area contributed by atoms with Gasteiger partial charge >= 0.3 is 0 Å². The number of phenolic OH excluding ortho intramolecular Hbond substituents is 2. The van der Waals surface area contributed by atoms with Gasteiger partial charge in [0.15, 0.2) is 16.4 Å². The third-order valence-electron chi connectivity index (χ3n) is 1.61. The molecule has 0 unspecified atom stereocenters. The quantitative estimate of drug-likeness (QED) is 0.418. The average molecular weight is 270 g/mol. The molecule has 1 aromatic rings. The standard InChI is InChI=1S/C6H6O8S2/c7-3-1-2-4(15(9,10)11)6(5(3)8)16(12,13)14/h1-2,7-8H,(H,9,10,11)(H,12,13,14). The van der Waals surface area contributed by atoms with E-state index < -0.39 is 41.5 Å². The Bertz CT molecular complexity index is 627. The molecule has 0 atom stereocenters. The normalized spacial score (nSPS) is 12.6. The highest BCUT2D eigenvalue weighted by Crippen LogP contribution is 2.36. The zero-order chi connectivity index (χ0) is 12.7. The van der Waals surface area contributed by atoms with E-state index in [4.69, 9.17) is 19.3 Å². The summed E-state index contributed by atoms with van der Waals surface area (Å²) in [4.78, 5) is -2.71. The van der Waals surface area contributed by atoms with Gasteiger partial charge in [0.2, 0.25) is 0 Å². The molecule has 0 bridgehead atoms. The molecule has 0 heterocycles. The molecular weight excluding hydrogens is 264 g/mol. The van der Waals surface area contributed by atoms with Crippen LogP contribution < -0.4 is 0 Å². The van der Waals surface area contributed by atoms with Gasteiger partial charge in [0.25, 0.3) is 20.2 Å². The van der Waals surface area contributed by atoms with Crippen molar-refractivity contribution in [1.29, 1.82) is 0 Å². The first kappa shape index (κ1) is 12.7. The van der Waals surface area contributed by atoms with Crippen LogP contribution in [0, 0.1) is 0 Å². The SMILES string of the molecule is O=S(=O)(O)c1ccc(O)c(O)c1S(=O)(=O)O. The first-order valence-corrected chi connectivity index (χ1v) is 6.43. The molecule has 10 heteroatoms. The van der Waals surface area contributed by atoms with E-state index >= 15 is 0 Å². The fourth-order valence-electron chi connectivity index (χ4n) is 0.995. The summed E-state index contributed by atoms with van der Waals surface area (Å²) in [6.07, 6.45) is 0. The minimum atomic E-state index is -5.12. The van der Waals surface area contributed by atoms with E-state index in [0.717, 1.165) is 0 Å². The molecule has 0 aliphatic heterocycles. The predicted molar refractivity (Wildman–Crippen MR) is 49.4 cm³/mol. The van der Waals surface area contributed by atoms with Crippen molar-refractivity contribution in [1.82, 2.24) is 0 Å². The van der Waals surface area contributed by atoms with E-state index in [1.165, 1.54) is 0 Å². The fraction of sp³-hybridized carbons (Fsp3) is 0. The lowest BCUT2D eigenvalue weighted by Gasteiger charge is -2.07. The number of hydrogen-bond donors (Lipinski definition) is 4. The summed E-state index contributed by atoms with van der Waals surface area (Å²) < 4.78 is 60.4. The van der Waals surface area contributed by atoms with Gasteiger partial charge in [-0.15, -0.1) is 0 Å². The van der Waals surface area contributed by atoms with Crippen molar-refractivity contribution in [2.45, 2.75) is 9.79 Å². The van der Waals surface area contributed by atoms with Gasteiger partial charge in [-0.1, -0.05) is 0 Å². The fourth-order valence-corrected chi connectivity index (χ4v) is 2.87. The minimum Gasteiger partial charge on any atom is -0.504 e. The maximum absolute atomic E-state index is 10.8. The van der Waals surface area contributed by atoms with Crippen LogP contribution in [0.1, 0.15) is 0 Å². The van der Waals surface area contributed by atoms with Crippen molar-refractivity contribution in [3.05, 3.63) is 12.1 Å². The van der Waals surface area contributed by atoms with Gasteiger partial charge in [-0.2, -0.15) is 16.8 Å². The molecule has 1 aromatic carbocycles. The molecule has 0 saturated carbocycles. The molecule has 16 heavy (non-hydrogen) atoms. The Hall–Kier alpha value is -1.36. The number of rotatable bonds is 2. The molecule has 4 N–H and O–H groups in total. The zero-order valence-electron chi connectivity index (χ0n) is 7.39. The van der Waals surface area contributed by atoms with Crippen molar-refractivity contribution in [3.8, 4) is 11.5 Å². The number of aromatic hydroxyl groups is 2. The van der Waals surface area contributed by atoms with Crippen LogP contribution in [0.15, 0.2) is 21.9 Å². The zero-order valence-corrected chi connectivity index (χ0v) is 9.03. The molecule has 0 fully saturated rings. The van der Waals surface area contributed by atoms with Crippen LogP contribution in [-0.2, 0) is 20.2 Å². The summed E-state index contributed by atoms with van der Waals surface area (Å²) >= 11 is 0. The highest BCUT2D eigenvalue weighted by molar-refractivity contribution is 7.89. The first-order valence-electron chi connectivity index (χ1n) is 3.55. The Morgan fingerprint density at radius 3 is 1.75 bits per heavy atom. The van der Waals surface area contributed by atoms with Crippen molar-refractivity contribution < 1.29 is 36.2 Å². The summed E-state index contributed by atoms with van der Waals surface area (Å²) in [5.74, 6) is -2.32. The Labute approximate surface area is 90.3 Å². The lowest BCUT2D eigenvalue weighted by Crippen LogP contribution is -2.08. The van der Waals surface area contributed by atoms with E-state index in [2.05, 4.69) is 0 Å². The van der Waals surface area contributed by atoms with Gasteiger partial charge in [-0.25, -0.2) is 0 Å². The van der Waals surface area contributed by atoms with Crippen molar-refractivity contribution in [2.75, 3.05) is 0 Å². The molecule has 0 aromatic heterocycles. The topological polar surface area (TPSA) is 149 Å². The molecule has 1 rings (SSSR count). The lowest BCUT2D eigenvalue weighted by atomic mass is 10.3. The van der Waals surface area contributed by atoms with E-state index in [-0.39, 0.29) is 0 Å². The third kappa shape index (κ3) is 2.24. The first-order chi connectivity index (χ1) is 7.05. The molecule has 8 nitrogen and oxygen atoms in total. The van der Waals surface area contributed by atoms with E-state index in [0.29, 0.717) is 12.1 Å². The molecule has 0 radical (unpaired) electrons. The molecule has 0 spiro atoms. The maximum Gasteiger partial charge on any atom is 0.299 e. The van der Waals surface area contributed by atoms with Crippen molar-refractivity contribution >= 4 is 20.2 Å². The van der Waals surface area contributed by atoms with Gasteiger partial charge in [-0.3, -0.25) is 9.11 Å². The van der Waals surface area contributed by atoms with Crippen LogP contribution in [0.25, 0.3) is 0 Å². The van der Waals surface area contributed by atoms with Gasteiger partial charge in [-0.05, 0) is 12.1 Å². The monoisotopic (exact) mass is 270 g/mol. The Morgan fingerprint density at radius 2 is 1.38 bits per heavy atom. The Balaban J connectivity index is 3.88. The molecule has 90 valence electrons. The largest absolute Gasteiger partial charge is 0.504 e. The van der Waals surface area contributed by atoms with Crippen LogP contribution in [-0.4, -0.2) is 36.2 Å². The second kappa shape index (κ2) is 3.59. The van der Waals surface area contributed by atoms with Crippen LogP contribution >= 0.6 is 0 Å². The molecule has 0 aliphatic carbocycles. The highest BCUT2D eigenvalue weighted by atomic mass is 32.2. The van der Waals surface area contributed by atoms with Gasteiger partial charge in [0.1, 0.15) is 4.90 Å². The summed E-state index contributed by atoms with van der Waals surface area (Å²) in [6, 6.07) is 1.17. The third-order valence-corrected chi connectivity index (χ3v) is 3.56. The smallest absolute Gasteiger partial charge is 0.299 e. The summed E-state index contributed by atoms with van der Waals surface area (Å²) in [6.45, 7) is 0. The van der Waals surface area contributed by atoms with Crippen molar-refractivity contribution in [3.63, 3.8) is 0 Å². The second-order valence-electron chi connectivity index (χ2n) is 2.71. The van der Waals surface area contributed by atoms with E-state index in [1.54, 1.807) is 0 Å². The molecule has 0 aliphatic rings. The molecule has 0 saturated heterocycles. The summed E-state index contributed by atoms with van der Waals surface area (Å²) in [5.41, 5.74) is 0. The number of hydrogen-bond acceptors (Lipinski definition) is 6. The predicted octanol–water partition coefficient (Wildman–Crippen LogP) is -0.409. The van der Waals surface area contributed by atoms with Crippen LogP contribution in [0.5, 0.6) is 11.5 Å². The van der Waals surface area contributed by atoms with Gasteiger partial charge < -0.3 is 10.2 Å². The molecule has 0 amide bonds. The van der Waals surface area contributed by atoms with Gasteiger partial charge in [0, 0.05) is 0 Å². The Kier molecular flexibility index (Phi) is 2.85. The molecular formula is C6H6O8S2. The summed E-state index contributed by atoms with van der Waals surface area (Å²) in [7, 11) is -10.1. The Morgan fingerprint density at radius 1 is 0.875 bits per heavy atom. The highest BCUT2D eigenvalue weighted by Gasteiger charge is 2.29. The lowest BCUT2D eigenvalue weighted by molar-refractivity contribution is 0.383. The minimum absolute atomic E-state index is 0.521. The number of benzene rings is 1. The van der Waals surface area contributed by atoms with Gasteiger partial charge in [0.05, 0.1) is 0 Å². The van der Waals surface area contributed by atoms with E-state index in [9.17, 15) is 16.8 Å². The van der Waals surface area contributed by atoms with E-state index in [1.807, 2.05) is 0 Å². The average Bonchev–Trinajstić information content (AvgIpc) is 2.05. The van der Waals surface area contributed by atoms with Crippen LogP contribution in [0.3, 0.4) is 0 Å². The number of phenols is 2. The van der Waals surface area contributed by atoms with Crippen LogP contribution in [0.2, 0.25) is 0 Å². The van der Waals surface area contributed by atoms with Crippen LogP contribution in [0.4, 0.5) is 0 Å². The second-order valence-corrected chi connectivity index (χ2v) is 5.46. The summed E-state index contributed by atoms with van der Waals surface area (Å²) in [5, 5.41) is 18.1. The van der Waals surface area contributed by atoms with Crippen molar-refractivity contribution in [2.24, 2.45) is 0 Å². The maximum atomic E-state index is 10.8.